The van der Waals surface area contributed by atoms with Gasteiger partial charge in [-0.05, 0) is 42.5 Å². The third-order valence-corrected chi connectivity index (χ3v) is 4.96. The Kier molecular flexibility index (Phi) is 6.12. The zero-order valence-corrected chi connectivity index (χ0v) is 15.5. The van der Waals surface area contributed by atoms with Gasteiger partial charge in [0.2, 0.25) is 0 Å². The number of carbonyl (C=O) groups is 1. The van der Waals surface area contributed by atoms with Gasteiger partial charge in [0, 0.05) is 11.9 Å². The van der Waals surface area contributed by atoms with Crippen molar-refractivity contribution in [1.29, 1.82) is 0 Å². The van der Waals surface area contributed by atoms with Crippen LogP contribution in [0.5, 0.6) is 0 Å². The molecule has 0 bridgehead atoms. The van der Waals surface area contributed by atoms with Crippen molar-refractivity contribution in [1.82, 2.24) is 4.98 Å². The van der Waals surface area contributed by atoms with Crippen molar-refractivity contribution in [2.45, 2.75) is 45.3 Å². The molecule has 1 aromatic heterocycles. The first kappa shape index (κ1) is 18.7. The van der Waals surface area contributed by atoms with Crippen molar-refractivity contribution < 1.29 is 9.53 Å². The van der Waals surface area contributed by atoms with Gasteiger partial charge in [-0.3, -0.25) is 9.59 Å². The fraction of sp³-hybridized carbons (Fsp3) is 0.400. The third kappa shape index (κ3) is 4.96. The summed E-state index contributed by atoms with van der Waals surface area (Å²) in [7, 11) is 0. The molecule has 1 fully saturated rings. The second kappa shape index (κ2) is 8.52. The molecule has 0 spiro atoms. The fourth-order valence-electron chi connectivity index (χ4n) is 3.27. The zero-order chi connectivity index (χ0) is 18.5. The molecule has 1 saturated carbocycles. The van der Waals surface area contributed by atoms with E-state index in [1.54, 1.807) is 0 Å². The van der Waals surface area contributed by atoms with Crippen LogP contribution in [-0.4, -0.2) is 17.0 Å². The van der Waals surface area contributed by atoms with Crippen molar-refractivity contribution >= 4 is 23.2 Å². The van der Waals surface area contributed by atoms with Gasteiger partial charge in [-0.2, -0.15) is 0 Å². The standard InChI is InChI=1S/C20H23ClN2O3/c1-13-4-2-7-17(8-13)26-12-14-5-3-6-16(9-14)23-19(24)15-10-18(21)20(25)22-11-15/h3,5-6,9-11,13,17H,2,4,7-8,12H2,1H3,(H,22,25)(H,23,24)/t13-,17-/m0/s1. The lowest BCUT2D eigenvalue weighted by atomic mass is 9.89. The molecule has 1 aliphatic carbocycles. The number of halogens is 1. The molecule has 2 N–H and O–H groups in total. The van der Waals surface area contributed by atoms with Crippen LogP contribution in [0.15, 0.2) is 41.3 Å². The van der Waals surface area contributed by atoms with E-state index in [9.17, 15) is 9.59 Å². The van der Waals surface area contributed by atoms with Gasteiger partial charge >= 0.3 is 0 Å². The number of nitrogens with one attached hydrogen (secondary N) is 2. The van der Waals surface area contributed by atoms with Crippen LogP contribution in [0.2, 0.25) is 5.02 Å². The van der Waals surface area contributed by atoms with Crippen molar-refractivity contribution in [3.63, 3.8) is 0 Å². The first-order chi connectivity index (χ1) is 12.5. The Morgan fingerprint density at radius 2 is 2.19 bits per heavy atom. The quantitative estimate of drug-likeness (QED) is 0.816. The molecule has 1 aromatic carbocycles. The molecule has 5 nitrogen and oxygen atoms in total. The van der Waals surface area contributed by atoms with E-state index in [-0.39, 0.29) is 10.9 Å². The largest absolute Gasteiger partial charge is 0.374 e. The Bertz CT molecular complexity index is 834. The van der Waals surface area contributed by atoms with E-state index >= 15 is 0 Å². The molecular formula is C20H23ClN2O3. The molecule has 1 amide bonds. The second-order valence-corrected chi connectivity index (χ2v) is 7.33. The first-order valence-corrected chi connectivity index (χ1v) is 9.29. The smallest absolute Gasteiger partial charge is 0.266 e. The van der Waals surface area contributed by atoms with Crippen LogP contribution in [-0.2, 0) is 11.3 Å². The Morgan fingerprint density at radius 3 is 2.96 bits per heavy atom. The number of aromatic amines is 1. The predicted octanol–water partition coefficient (Wildman–Crippen LogP) is 4.38. The number of pyridine rings is 1. The highest BCUT2D eigenvalue weighted by Gasteiger charge is 2.19. The van der Waals surface area contributed by atoms with Crippen LogP contribution < -0.4 is 10.9 Å². The molecule has 6 heteroatoms. The molecule has 1 heterocycles. The topological polar surface area (TPSA) is 71.2 Å². The van der Waals surface area contributed by atoms with Gasteiger partial charge in [0.05, 0.1) is 18.3 Å². The summed E-state index contributed by atoms with van der Waals surface area (Å²) in [6.07, 6.45) is 6.41. The Morgan fingerprint density at radius 1 is 1.35 bits per heavy atom. The van der Waals surface area contributed by atoms with E-state index in [2.05, 4.69) is 17.2 Å². The van der Waals surface area contributed by atoms with Crippen molar-refractivity contribution in [3.05, 3.63) is 63.0 Å². The summed E-state index contributed by atoms with van der Waals surface area (Å²) in [5.41, 5.74) is 1.57. The molecule has 0 saturated heterocycles. The number of hydrogen-bond donors (Lipinski definition) is 2. The minimum Gasteiger partial charge on any atom is -0.374 e. The number of aromatic nitrogens is 1. The lowest BCUT2D eigenvalue weighted by Gasteiger charge is -2.26. The van der Waals surface area contributed by atoms with Gasteiger partial charge in [0.15, 0.2) is 0 Å². The van der Waals surface area contributed by atoms with E-state index in [0.29, 0.717) is 24.0 Å². The van der Waals surface area contributed by atoms with Crippen LogP contribution in [0.4, 0.5) is 5.69 Å². The number of H-pyrrole nitrogens is 1. The first-order valence-electron chi connectivity index (χ1n) is 8.91. The fourth-order valence-corrected chi connectivity index (χ4v) is 3.45. The number of carbonyl (C=O) groups excluding carboxylic acids is 1. The molecule has 3 rings (SSSR count). The summed E-state index contributed by atoms with van der Waals surface area (Å²) in [4.78, 5) is 26.0. The SMILES string of the molecule is C[C@H]1CCC[C@H](OCc2cccc(NC(=O)c3c[nH]c(=O)c(Cl)c3)c2)C1. The van der Waals surface area contributed by atoms with Crippen LogP contribution >= 0.6 is 11.6 Å². The van der Waals surface area contributed by atoms with E-state index in [4.69, 9.17) is 16.3 Å². The van der Waals surface area contributed by atoms with Gasteiger partial charge in [-0.1, -0.05) is 43.5 Å². The molecule has 138 valence electrons. The van der Waals surface area contributed by atoms with E-state index < -0.39 is 5.56 Å². The Hall–Kier alpha value is -2.11. The minimum atomic E-state index is -0.417. The Balaban J connectivity index is 1.60. The zero-order valence-electron chi connectivity index (χ0n) is 14.8. The van der Waals surface area contributed by atoms with Crippen LogP contribution in [0.25, 0.3) is 0 Å². The highest BCUT2D eigenvalue weighted by molar-refractivity contribution is 6.30. The summed E-state index contributed by atoms with van der Waals surface area (Å²) in [5.74, 6) is 0.394. The predicted molar refractivity (Wildman–Crippen MR) is 103 cm³/mol. The van der Waals surface area contributed by atoms with Crippen molar-refractivity contribution in [2.75, 3.05) is 5.32 Å². The number of ether oxygens (including phenoxy) is 1. The number of amides is 1. The molecule has 0 unspecified atom stereocenters. The van der Waals surface area contributed by atoms with E-state index in [1.165, 1.54) is 25.1 Å². The average Bonchev–Trinajstić information content (AvgIpc) is 2.62. The summed E-state index contributed by atoms with van der Waals surface area (Å²) >= 11 is 5.77. The molecule has 2 atom stereocenters. The maximum atomic E-state index is 12.3. The summed E-state index contributed by atoms with van der Waals surface area (Å²) in [6, 6.07) is 8.94. The number of anilines is 1. The maximum Gasteiger partial charge on any atom is 0.266 e. The van der Waals surface area contributed by atoms with Crippen molar-refractivity contribution in [3.8, 4) is 0 Å². The highest BCUT2D eigenvalue weighted by atomic mass is 35.5. The average molecular weight is 375 g/mol. The highest BCUT2D eigenvalue weighted by Crippen LogP contribution is 2.26. The van der Waals surface area contributed by atoms with Gasteiger partial charge in [-0.15, -0.1) is 0 Å². The second-order valence-electron chi connectivity index (χ2n) is 6.92. The Labute approximate surface area is 157 Å². The van der Waals surface area contributed by atoms with Gasteiger partial charge in [0.1, 0.15) is 5.02 Å². The van der Waals surface area contributed by atoms with Gasteiger partial charge < -0.3 is 15.0 Å². The summed E-state index contributed by atoms with van der Waals surface area (Å²) in [5, 5.41) is 2.80. The van der Waals surface area contributed by atoms with Crippen LogP contribution in [0.1, 0.15) is 48.5 Å². The van der Waals surface area contributed by atoms with Crippen LogP contribution in [0, 0.1) is 5.92 Å². The number of rotatable bonds is 5. The van der Waals surface area contributed by atoms with Gasteiger partial charge in [-0.25, -0.2) is 0 Å². The molecule has 26 heavy (non-hydrogen) atoms. The minimum absolute atomic E-state index is 0.0125. The van der Waals surface area contributed by atoms with Gasteiger partial charge in [0.25, 0.3) is 11.5 Å². The lowest BCUT2D eigenvalue weighted by Crippen LogP contribution is -2.21. The van der Waals surface area contributed by atoms with E-state index in [1.807, 2.05) is 24.3 Å². The number of hydrogen-bond acceptors (Lipinski definition) is 3. The van der Waals surface area contributed by atoms with Crippen LogP contribution in [0.3, 0.4) is 0 Å². The van der Waals surface area contributed by atoms with E-state index in [0.717, 1.165) is 24.3 Å². The normalized spacial score (nSPS) is 19.9. The molecular weight excluding hydrogens is 352 g/mol. The van der Waals surface area contributed by atoms with Crippen molar-refractivity contribution in [2.24, 2.45) is 5.92 Å². The number of benzene rings is 1. The lowest BCUT2D eigenvalue weighted by molar-refractivity contribution is 0.00468. The summed E-state index contributed by atoms with van der Waals surface area (Å²) in [6.45, 7) is 2.81. The maximum absolute atomic E-state index is 12.3. The molecule has 1 aliphatic rings. The monoisotopic (exact) mass is 374 g/mol. The molecule has 0 aliphatic heterocycles. The summed E-state index contributed by atoms with van der Waals surface area (Å²) < 4.78 is 6.04. The molecule has 2 aromatic rings. The molecule has 0 radical (unpaired) electrons. The third-order valence-electron chi connectivity index (χ3n) is 4.68.